The van der Waals surface area contributed by atoms with E-state index in [0.29, 0.717) is 17.3 Å². The van der Waals surface area contributed by atoms with Gasteiger partial charge in [0.2, 0.25) is 0 Å². The van der Waals surface area contributed by atoms with Crippen molar-refractivity contribution in [3.8, 4) is 0 Å². The lowest BCUT2D eigenvalue weighted by atomic mass is 9.86. The van der Waals surface area contributed by atoms with Gasteiger partial charge >= 0.3 is 0 Å². The number of hydrogen-bond donors (Lipinski definition) is 0. The third kappa shape index (κ3) is 4.49. The molecular weight excluding hydrogens is 206 g/mol. The van der Waals surface area contributed by atoms with Gasteiger partial charge < -0.3 is 0 Å². The number of aromatic nitrogens is 1. The summed E-state index contributed by atoms with van der Waals surface area (Å²) in [6.07, 6.45) is 4.32. The van der Waals surface area contributed by atoms with Crippen molar-refractivity contribution >= 4 is 0 Å². The summed E-state index contributed by atoms with van der Waals surface area (Å²) in [6.45, 7) is 13.6. The molecule has 0 spiro atoms. The predicted octanol–water partition coefficient (Wildman–Crippen LogP) is 4.82. The van der Waals surface area contributed by atoms with E-state index in [1.807, 2.05) is 0 Å². The Kier molecular flexibility index (Phi) is 4.73. The molecule has 1 heterocycles. The second-order valence-electron chi connectivity index (χ2n) is 6.58. The average molecular weight is 233 g/mol. The quantitative estimate of drug-likeness (QED) is 0.726. The van der Waals surface area contributed by atoms with E-state index in [0.717, 1.165) is 6.42 Å². The summed E-state index contributed by atoms with van der Waals surface area (Å²) >= 11 is 0. The summed E-state index contributed by atoms with van der Waals surface area (Å²) in [5.74, 6) is 1.33. The molecule has 0 radical (unpaired) electrons. The van der Waals surface area contributed by atoms with Crippen LogP contribution in [-0.4, -0.2) is 4.98 Å². The minimum Gasteiger partial charge on any atom is -0.261 e. The first-order valence-corrected chi connectivity index (χ1v) is 6.78. The molecule has 0 saturated heterocycles. The first-order valence-electron chi connectivity index (χ1n) is 6.78. The van der Waals surface area contributed by atoms with Crippen LogP contribution in [0.4, 0.5) is 0 Å². The Morgan fingerprint density at radius 2 is 1.82 bits per heavy atom. The minimum atomic E-state index is 0.316. The van der Waals surface area contributed by atoms with E-state index in [1.54, 1.807) is 0 Å². The van der Waals surface area contributed by atoms with Crippen molar-refractivity contribution in [2.24, 2.45) is 11.3 Å². The maximum absolute atomic E-state index is 4.62. The first-order chi connectivity index (χ1) is 7.83. The van der Waals surface area contributed by atoms with Crippen molar-refractivity contribution in [3.63, 3.8) is 0 Å². The molecule has 0 N–H and O–H groups in total. The largest absolute Gasteiger partial charge is 0.261 e. The molecule has 0 aliphatic heterocycles. The lowest BCUT2D eigenvalue weighted by molar-refractivity contribution is 0.406. The highest BCUT2D eigenvalue weighted by molar-refractivity contribution is 5.19. The van der Waals surface area contributed by atoms with E-state index in [4.69, 9.17) is 0 Å². The molecule has 1 aromatic heterocycles. The lowest BCUT2D eigenvalue weighted by Crippen LogP contribution is -2.11. The number of pyridine rings is 1. The second kappa shape index (κ2) is 5.66. The van der Waals surface area contributed by atoms with Crippen molar-refractivity contribution in [3.05, 3.63) is 29.6 Å². The van der Waals surface area contributed by atoms with Crippen molar-refractivity contribution in [1.29, 1.82) is 0 Å². The summed E-state index contributed by atoms with van der Waals surface area (Å²) in [7, 11) is 0. The van der Waals surface area contributed by atoms with Crippen LogP contribution in [0.15, 0.2) is 18.3 Å². The molecule has 0 saturated carbocycles. The van der Waals surface area contributed by atoms with E-state index >= 15 is 0 Å². The zero-order valence-electron chi connectivity index (χ0n) is 12.2. The van der Waals surface area contributed by atoms with Crippen LogP contribution in [0.3, 0.4) is 0 Å². The molecule has 1 nitrogen and oxygen atoms in total. The zero-order valence-corrected chi connectivity index (χ0v) is 12.2. The van der Waals surface area contributed by atoms with E-state index in [-0.39, 0.29) is 0 Å². The Morgan fingerprint density at radius 1 is 1.18 bits per heavy atom. The van der Waals surface area contributed by atoms with Gasteiger partial charge in [-0.3, -0.25) is 4.98 Å². The normalized spacial score (nSPS) is 14.1. The molecule has 96 valence electrons. The smallest absolute Gasteiger partial charge is 0.0409 e. The molecule has 0 aliphatic carbocycles. The number of hydrogen-bond acceptors (Lipinski definition) is 1. The van der Waals surface area contributed by atoms with Gasteiger partial charge in [0.1, 0.15) is 0 Å². The molecule has 0 fully saturated rings. The van der Waals surface area contributed by atoms with Gasteiger partial charge in [-0.15, -0.1) is 0 Å². The second-order valence-corrected chi connectivity index (χ2v) is 6.58. The topological polar surface area (TPSA) is 12.9 Å². The maximum Gasteiger partial charge on any atom is 0.0409 e. The Morgan fingerprint density at radius 3 is 2.18 bits per heavy atom. The molecule has 1 unspecified atom stereocenters. The summed E-state index contributed by atoms with van der Waals surface area (Å²) in [5.41, 5.74) is 2.91. The van der Waals surface area contributed by atoms with Gasteiger partial charge in [-0.25, -0.2) is 0 Å². The van der Waals surface area contributed by atoms with Crippen LogP contribution < -0.4 is 0 Å². The lowest BCUT2D eigenvalue weighted by Gasteiger charge is -2.21. The van der Waals surface area contributed by atoms with Crippen LogP contribution in [0.2, 0.25) is 0 Å². The average Bonchev–Trinajstić information content (AvgIpc) is 2.18. The Labute approximate surface area is 107 Å². The third-order valence-corrected chi connectivity index (χ3v) is 3.23. The van der Waals surface area contributed by atoms with Gasteiger partial charge in [0.25, 0.3) is 0 Å². The van der Waals surface area contributed by atoms with Crippen LogP contribution in [0.25, 0.3) is 0 Å². The fourth-order valence-electron chi connectivity index (χ4n) is 2.40. The summed E-state index contributed by atoms with van der Waals surface area (Å²) in [6, 6.07) is 4.47. The highest BCUT2D eigenvalue weighted by Gasteiger charge is 2.15. The Balaban J connectivity index is 2.80. The van der Waals surface area contributed by atoms with Gasteiger partial charge in [-0.05, 0) is 41.7 Å². The molecule has 1 aromatic rings. The first kappa shape index (κ1) is 14.2. The third-order valence-electron chi connectivity index (χ3n) is 3.23. The molecule has 17 heavy (non-hydrogen) atoms. The molecule has 0 amide bonds. The molecular formula is C16H27N. The van der Waals surface area contributed by atoms with Crippen LogP contribution in [0, 0.1) is 11.3 Å². The van der Waals surface area contributed by atoms with Gasteiger partial charge in [0.15, 0.2) is 0 Å². The van der Waals surface area contributed by atoms with Gasteiger partial charge in [0, 0.05) is 11.9 Å². The summed E-state index contributed by atoms with van der Waals surface area (Å²) in [4.78, 5) is 4.62. The SMILES string of the molecule is CCC(c1ccc(CC(C)(C)C)nc1)C(C)C. The minimum absolute atomic E-state index is 0.316. The van der Waals surface area contributed by atoms with E-state index in [2.05, 4.69) is 64.9 Å². The zero-order chi connectivity index (χ0) is 13.1. The van der Waals surface area contributed by atoms with Crippen LogP contribution in [-0.2, 0) is 6.42 Å². The Hall–Kier alpha value is -0.850. The van der Waals surface area contributed by atoms with E-state index < -0.39 is 0 Å². The molecule has 0 aliphatic rings. The van der Waals surface area contributed by atoms with Crippen LogP contribution in [0.1, 0.15) is 65.1 Å². The molecule has 0 aromatic carbocycles. The van der Waals surface area contributed by atoms with Crippen LogP contribution >= 0.6 is 0 Å². The fourth-order valence-corrected chi connectivity index (χ4v) is 2.40. The Bertz CT molecular complexity index is 330. The predicted molar refractivity (Wildman–Crippen MR) is 75.3 cm³/mol. The maximum atomic E-state index is 4.62. The molecule has 1 rings (SSSR count). The molecule has 0 bridgehead atoms. The van der Waals surface area contributed by atoms with Gasteiger partial charge in [-0.2, -0.15) is 0 Å². The fraction of sp³-hybridized carbons (Fsp3) is 0.688. The van der Waals surface area contributed by atoms with Gasteiger partial charge in [-0.1, -0.05) is 47.6 Å². The highest BCUT2D eigenvalue weighted by Crippen LogP contribution is 2.27. The highest BCUT2D eigenvalue weighted by atomic mass is 14.7. The van der Waals surface area contributed by atoms with E-state index in [1.165, 1.54) is 17.7 Å². The monoisotopic (exact) mass is 233 g/mol. The number of rotatable bonds is 4. The van der Waals surface area contributed by atoms with Gasteiger partial charge in [0.05, 0.1) is 0 Å². The summed E-state index contributed by atoms with van der Waals surface area (Å²) in [5, 5.41) is 0. The number of nitrogens with zero attached hydrogens (tertiary/aromatic N) is 1. The summed E-state index contributed by atoms with van der Waals surface area (Å²) < 4.78 is 0. The molecule has 1 heteroatoms. The van der Waals surface area contributed by atoms with E-state index in [9.17, 15) is 0 Å². The molecule has 1 atom stereocenters. The van der Waals surface area contributed by atoms with Crippen molar-refractivity contribution in [2.75, 3.05) is 0 Å². The standard InChI is InChI=1S/C16H27N/c1-7-15(12(2)3)13-8-9-14(17-11-13)10-16(4,5)6/h8-9,11-12,15H,7,10H2,1-6H3. The van der Waals surface area contributed by atoms with Crippen molar-refractivity contribution < 1.29 is 0 Å². The van der Waals surface area contributed by atoms with Crippen LogP contribution in [0.5, 0.6) is 0 Å². The van der Waals surface area contributed by atoms with Crippen molar-refractivity contribution in [1.82, 2.24) is 4.98 Å². The van der Waals surface area contributed by atoms with Crippen molar-refractivity contribution in [2.45, 2.75) is 60.3 Å².